The lowest BCUT2D eigenvalue weighted by Gasteiger charge is -2.29. The van der Waals surface area contributed by atoms with Crippen LogP contribution in [0.2, 0.25) is 0 Å². The number of nitrogens with zero attached hydrogens (tertiary/aromatic N) is 1. The summed E-state index contributed by atoms with van der Waals surface area (Å²) in [5.74, 6) is -0.335. The molecule has 5 nitrogen and oxygen atoms in total. The van der Waals surface area contributed by atoms with Crippen molar-refractivity contribution >= 4 is 17.2 Å². The molecule has 0 aromatic carbocycles. The Morgan fingerprint density at radius 2 is 2.04 bits per heavy atom. The average Bonchev–Trinajstić information content (AvgIpc) is 3.05. The zero-order valence-corrected chi connectivity index (χ0v) is 14.6. The van der Waals surface area contributed by atoms with Crippen molar-refractivity contribution in [3.8, 4) is 0 Å². The van der Waals surface area contributed by atoms with Gasteiger partial charge in [-0.1, -0.05) is 13.8 Å². The smallest absolute Gasteiger partial charge is 0.260 e. The molecule has 2 rings (SSSR count). The SMILES string of the molecule is CCN(CC)[C@@H](CNC(=O)c1ccc(C)[nH]c1=O)c1ccsc1. The van der Waals surface area contributed by atoms with E-state index in [9.17, 15) is 9.59 Å². The van der Waals surface area contributed by atoms with Gasteiger partial charge in [-0.15, -0.1) is 0 Å². The van der Waals surface area contributed by atoms with E-state index in [1.165, 1.54) is 5.56 Å². The first-order valence-corrected chi connectivity index (χ1v) is 8.75. The van der Waals surface area contributed by atoms with E-state index in [0.29, 0.717) is 6.54 Å². The Kier molecular flexibility index (Phi) is 6.12. The highest BCUT2D eigenvalue weighted by molar-refractivity contribution is 7.07. The number of rotatable bonds is 7. The number of pyridine rings is 1. The van der Waals surface area contributed by atoms with E-state index in [1.807, 2.05) is 5.38 Å². The zero-order chi connectivity index (χ0) is 16.8. The Morgan fingerprint density at radius 3 is 2.61 bits per heavy atom. The largest absolute Gasteiger partial charge is 0.350 e. The average molecular weight is 333 g/mol. The molecular formula is C17H23N3O2S. The molecule has 0 aliphatic heterocycles. The second-order valence-corrected chi connectivity index (χ2v) is 6.17. The van der Waals surface area contributed by atoms with Crippen molar-refractivity contribution in [1.29, 1.82) is 0 Å². The van der Waals surface area contributed by atoms with Gasteiger partial charge < -0.3 is 10.3 Å². The summed E-state index contributed by atoms with van der Waals surface area (Å²) < 4.78 is 0. The lowest BCUT2D eigenvalue weighted by molar-refractivity contribution is 0.0933. The number of likely N-dealkylation sites (N-methyl/N-ethyl adjacent to an activating group) is 1. The van der Waals surface area contributed by atoms with Crippen LogP contribution in [0, 0.1) is 6.92 Å². The molecule has 2 N–H and O–H groups in total. The third kappa shape index (κ3) is 4.30. The van der Waals surface area contributed by atoms with Crippen LogP contribution in [0.4, 0.5) is 0 Å². The fourth-order valence-electron chi connectivity index (χ4n) is 2.62. The van der Waals surface area contributed by atoms with Crippen molar-refractivity contribution in [3.05, 3.63) is 56.1 Å². The Morgan fingerprint density at radius 1 is 1.30 bits per heavy atom. The molecule has 0 fully saturated rings. The van der Waals surface area contributed by atoms with Gasteiger partial charge in [-0.25, -0.2) is 0 Å². The van der Waals surface area contributed by atoms with Crippen molar-refractivity contribution in [2.75, 3.05) is 19.6 Å². The maximum atomic E-state index is 12.3. The van der Waals surface area contributed by atoms with Gasteiger partial charge in [-0.2, -0.15) is 11.3 Å². The molecule has 0 aliphatic rings. The normalized spacial score (nSPS) is 12.3. The molecule has 0 saturated carbocycles. The van der Waals surface area contributed by atoms with Crippen molar-refractivity contribution in [3.63, 3.8) is 0 Å². The fraction of sp³-hybridized carbons (Fsp3) is 0.412. The summed E-state index contributed by atoms with van der Waals surface area (Å²) in [6.07, 6.45) is 0. The monoisotopic (exact) mass is 333 g/mol. The molecule has 2 heterocycles. The predicted molar refractivity (Wildman–Crippen MR) is 94.1 cm³/mol. The minimum absolute atomic E-state index is 0.115. The van der Waals surface area contributed by atoms with Crippen LogP contribution in [-0.2, 0) is 0 Å². The van der Waals surface area contributed by atoms with Gasteiger partial charge >= 0.3 is 0 Å². The van der Waals surface area contributed by atoms with Crippen LogP contribution in [0.3, 0.4) is 0 Å². The van der Waals surface area contributed by atoms with Gasteiger partial charge in [0.2, 0.25) is 0 Å². The third-order valence-corrected chi connectivity index (χ3v) is 4.64. The first kappa shape index (κ1) is 17.4. The van der Waals surface area contributed by atoms with Crippen LogP contribution in [0.1, 0.15) is 41.5 Å². The molecule has 124 valence electrons. The van der Waals surface area contributed by atoms with E-state index in [-0.39, 0.29) is 23.1 Å². The molecule has 0 unspecified atom stereocenters. The van der Waals surface area contributed by atoms with Crippen molar-refractivity contribution in [1.82, 2.24) is 15.2 Å². The van der Waals surface area contributed by atoms with Crippen LogP contribution in [0.5, 0.6) is 0 Å². The third-order valence-electron chi connectivity index (χ3n) is 3.94. The Balaban J connectivity index is 2.11. The van der Waals surface area contributed by atoms with Gasteiger partial charge in [-0.3, -0.25) is 14.5 Å². The quantitative estimate of drug-likeness (QED) is 0.818. The van der Waals surface area contributed by atoms with Gasteiger partial charge in [0.15, 0.2) is 0 Å². The summed E-state index contributed by atoms with van der Waals surface area (Å²) in [5, 5.41) is 7.05. The summed E-state index contributed by atoms with van der Waals surface area (Å²) in [4.78, 5) is 29.1. The van der Waals surface area contributed by atoms with Gasteiger partial charge in [0, 0.05) is 12.2 Å². The first-order chi connectivity index (χ1) is 11.1. The van der Waals surface area contributed by atoms with Crippen LogP contribution >= 0.6 is 11.3 Å². The zero-order valence-electron chi connectivity index (χ0n) is 13.8. The van der Waals surface area contributed by atoms with Crippen LogP contribution in [0.25, 0.3) is 0 Å². The second kappa shape index (κ2) is 8.08. The summed E-state index contributed by atoms with van der Waals surface area (Å²) in [6, 6.07) is 5.50. The van der Waals surface area contributed by atoms with Crippen molar-refractivity contribution < 1.29 is 4.79 Å². The molecule has 0 saturated heterocycles. The lowest BCUT2D eigenvalue weighted by Crippen LogP contribution is -2.39. The minimum atomic E-state index is -0.350. The number of amides is 1. The summed E-state index contributed by atoms with van der Waals surface area (Å²) >= 11 is 1.65. The number of carbonyl (C=O) groups excluding carboxylic acids is 1. The summed E-state index contributed by atoms with van der Waals surface area (Å²) in [5.41, 5.74) is 1.74. The lowest BCUT2D eigenvalue weighted by atomic mass is 10.1. The molecule has 23 heavy (non-hydrogen) atoms. The van der Waals surface area contributed by atoms with Crippen LogP contribution < -0.4 is 10.9 Å². The molecule has 0 spiro atoms. The van der Waals surface area contributed by atoms with E-state index >= 15 is 0 Å². The summed E-state index contributed by atoms with van der Waals surface area (Å²) in [7, 11) is 0. The fourth-order valence-corrected chi connectivity index (χ4v) is 3.33. The summed E-state index contributed by atoms with van der Waals surface area (Å²) in [6.45, 7) is 8.28. The number of hydrogen-bond donors (Lipinski definition) is 2. The molecular weight excluding hydrogens is 310 g/mol. The highest BCUT2D eigenvalue weighted by Crippen LogP contribution is 2.22. The molecule has 0 radical (unpaired) electrons. The molecule has 6 heteroatoms. The molecule has 0 bridgehead atoms. The predicted octanol–water partition coefficient (Wildman–Crippen LogP) is 2.56. The number of aromatic nitrogens is 1. The van der Waals surface area contributed by atoms with Gasteiger partial charge in [0.1, 0.15) is 5.56 Å². The van der Waals surface area contributed by atoms with E-state index in [4.69, 9.17) is 0 Å². The van der Waals surface area contributed by atoms with Gasteiger partial charge in [0.25, 0.3) is 11.5 Å². The molecule has 1 atom stereocenters. The van der Waals surface area contributed by atoms with Crippen molar-refractivity contribution in [2.24, 2.45) is 0 Å². The van der Waals surface area contributed by atoms with Crippen molar-refractivity contribution in [2.45, 2.75) is 26.8 Å². The maximum Gasteiger partial charge on any atom is 0.260 e. The number of thiophene rings is 1. The number of aromatic amines is 1. The molecule has 2 aromatic rings. The number of carbonyl (C=O) groups is 1. The minimum Gasteiger partial charge on any atom is -0.350 e. The van der Waals surface area contributed by atoms with E-state index in [2.05, 4.69) is 40.5 Å². The standard InChI is InChI=1S/C17H23N3O2S/c1-4-20(5-2)15(13-8-9-23-11-13)10-18-16(21)14-7-6-12(3)19-17(14)22/h6-9,11,15H,4-5,10H2,1-3H3,(H,18,21)(H,19,22)/t15-/m0/s1. The van der Waals surface area contributed by atoms with E-state index < -0.39 is 0 Å². The Bertz CT molecular complexity index is 690. The first-order valence-electron chi connectivity index (χ1n) is 7.81. The number of aryl methyl sites for hydroxylation is 1. The second-order valence-electron chi connectivity index (χ2n) is 5.39. The van der Waals surface area contributed by atoms with Crippen LogP contribution in [-0.4, -0.2) is 35.4 Å². The highest BCUT2D eigenvalue weighted by atomic mass is 32.1. The van der Waals surface area contributed by atoms with Gasteiger partial charge in [-0.05, 0) is 54.5 Å². The van der Waals surface area contributed by atoms with E-state index in [1.54, 1.807) is 30.4 Å². The number of nitrogens with one attached hydrogen (secondary N) is 2. The topological polar surface area (TPSA) is 65.2 Å². The number of H-pyrrole nitrogens is 1. The van der Waals surface area contributed by atoms with Crippen LogP contribution in [0.15, 0.2) is 33.8 Å². The van der Waals surface area contributed by atoms with E-state index in [0.717, 1.165) is 18.8 Å². The van der Waals surface area contributed by atoms with Gasteiger partial charge in [0.05, 0.1) is 6.04 Å². The molecule has 1 amide bonds. The Labute approximate surface area is 140 Å². The number of hydrogen-bond acceptors (Lipinski definition) is 4. The molecule has 2 aromatic heterocycles. The highest BCUT2D eigenvalue weighted by Gasteiger charge is 2.20. The Hall–Kier alpha value is -1.92. The maximum absolute atomic E-state index is 12.3. The molecule has 0 aliphatic carbocycles.